The second kappa shape index (κ2) is 7.30. The number of aliphatic imine (C=N–C) groups is 1. The molecular weight excluding hydrogens is 293 g/mol. The monoisotopic (exact) mass is 321 g/mol. The molecule has 0 heterocycles. The highest BCUT2D eigenvalue weighted by atomic mass is 19.1. The average Bonchev–Trinajstić information content (AvgIpc) is 3.31. The van der Waals surface area contributed by atoms with E-state index < -0.39 is 0 Å². The topological polar surface area (TPSA) is 45.7 Å². The average molecular weight is 321 g/mol. The normalized spacial score (nSPS) is 17.0. The van der Waals surface area contributed by atoms with Crippen LogP contribution in [0.15, 0.2) is 29.3 Å². The van der Waals surface area contributed by atoms with Crippen LogP contribution in [0.5, 0.6) is 0 Å². The molecule has 1 fully saturated rings. The predicted molar refractivity (Wildman–Crippen MR) is 92.4 cm³/mol. The molecule has 0 radical (unpaired) electrons. The van der Waals surface area contributed by atoms with Crippen molar-refractivity contribution in [2.24, 2.45) is 4.99 Å². The number of nitrogens with one attached hydrogen (secondary N) is 2. The Morgan fingerprint density at radius 1 is 1.35 bits per heavy atom. The summed E-state index contributed by atoms with van der Waals surface area (Å²) in [4.78, 5) is 4.59. The van der Waals surface area contributed by atoms with Crippen LogP contribution in [0, 0.1) is 5.82 Å². The van der Waals surface area contributed by atoms with E-state index in [4.69, 9.17) is 4.74 Å². The first-order valence-electron chi connectivity index (χ1n) is 8.24. The third kappa shape index (κ3) is 4.93. The van der Waals surface area contributed by atoms with E-state index in [1.807, 2.05) is 26.8 Å². The molecule has 1 saturated carbocycles. The SMILES string of the molecule is CCNC(=NCC(C)(C)OC)NCC1(c2cccc(F)c2)CC1. The molecule has 2 rings (SSSR count). The van der Waals surface area contributed by atoms with Gasteiger partial charge in [-0.25, -0.2) is 4.39 Å². The van der Waals surface area contributed by atoms with Crippen molar-refractivity contribution >= 4 is 5.96 Å². The lowest BCUT2D eigenvalue weighted by Crippen LogP contribution is -2.42. The molecule has 0 atom stereocenters. The van der Waals surface area contributed by atoms with Crippen molar-refractivity contribution in [1.29, 1.82) is 0 Å². The van der Waals surface area contributed by atoms with Crippen molar-refractivity contribution < 1.29 is 9.13 Å². The van der Waals surface area contributed by atoms with Gasteiger partial charge in [-0.2, -0.15) is 0 Å². The first-order valence-corrected chi connectivity index (χ1v) is 8.24. The Bertz CT molecular complexity index is 553. The van der Waals surface area contributed by atoms with Gasteiger partial charge < -0.3 is 15.4 Å². The van der Waals surface area contributed by atoms with Crippen LogP contribution in [-0.2, 0) is 10.2 Å². The minimum absolute atomic E-state index is 0.0368. The first-order chi connectivity index (χ1) is 10.9. The van der Waals surface area contributed by atoms with Gasteiger partial charge in [-0.3, -0.25) is 4.99 Å². The zero-order valence-electron chi connectivity index (χ0n) is 14.6. The summed E-state index contributed by atoms with van der Waals surface area (Å²) in [5, 5.41) is 6.65. The van der Waals surface area contributed by atoms with Gasteiger partial charge in [0.25, 0.3) is 0 Å². The van der Waals surface area contributed by atoms with E-state index in [0.717, 1.165) is 37.5 Å². The zero-order valence-corrected chi connectivity index (χ0v) is 14.6. The quantitative estimate of drug-likeness (QED) is 0.600. The van der Waals surface area contributed by atoms with Gasteiger partial charge in [0.1, 0.15) is 5.82 Å². The second-order valence-electron chi connectivity index (χ2n) is 6.80. The Labute approximate surface area is 138 Å². The minimum Gasteiger partial charge on any atom is -0.377 e. The molecule has 1 aliphatic rings. The minimum atomic E-state index is -0.290. The molecule has 2 N–H and O–H groups in total. The van der Waals surface area contributed by atoms with E-state index in [-0.39, 0.29) is 16.8 Å². The molecule has 0 spiro atoms. The van der Waals surface area contributed by atoms with E-state index >= 15 is 0 Å². The molecular formula is C18H28FN3O. The fourth-order valence-corrected chi connectivity index (χ4v) is 2.47. The van der Waals surface area contributed by atoms with E-state index in [2.05, 4.69) is 15.6 Å². The van der Waals surface area contributed by atoms with Crippen LogP contribution in [0.1, 0.15) is 39.2 Å². The van der Waals surface area contributed by atoms with Gasteiger partial charge in [0, 0.05) is 25.6 Å². The zero-order chi connectivity index (χ0) is 16.9. The number of hydrogen-bond donors (Lipinski definition) is 2. The summed E-state index contributed by atoms with van der Waals surface area (Å²) in [6.07, 6.45) is 2.15. The lowest BCUT2D eigenvalue weighted by Gasteiger charge is -2.22. The Morgan fingerprint density at radius 3 is 2.65 bits per heavy atom. The molecule has 1 aromatic rings. The maximum absolute atomic E-state index is 13.5. The van der Waals surface area contributed by atoms with E-state index in [0.29, 0.717) is 6.54 Å². The van der Waals surface area contributed by atoms with Gasteiger partial charge in [-0.15, -0.1) is 0 Å². The van der Waals surface area contributed by atoms with Crippen LogP contribution in [0.25, 0.3) is 0 Å². The molecule has 0 amide bonds. The number of methoxy groups -OCH3 is 1. The summed E-state index contributed by atoms with van der Waals surface area (Å²) in [5.41, 5.74) is 0.815. The third-order valence-electron chi connectivity index (χ3n) is 4.40. The van der Waals surface area contributed by atoms with Crippen LogP contribution in [0.4, 0.5) is 4.39 Å². The van der Waals surface area contributed by atoms with Crippen LogP contribution < -0.4 is 10.6 Å². The maximum Gasteiger partial charge on any atom is 0.191 e. The van der Waals surface area contributed by atoms with Crippen molar-refractivity contribution in [1.82, 2.24) is 10.6 Å². The molecule has 23 heavy (non-hydrogen) atoms. The summed E-state index contributed by atoms with van der Waals surface area (Å²) in [5.74, 6) is 0.608. The van der Waals surface area contributed by atoms with Gasteiger partial charge in [0.2, 0.25) is 0 Å². The number of rotatable bonds is 7. The van der Waals surface area contributed by atoms with Crippen molar-refractivity contribution in [2.75, 3.05) is 26.7 Å². The molecule has 0 aromatic heterocycles. The second-order valence-corrected chi connectivity index (χ2v) is 6.80. The van der Waals surface area contributed by atoms with Crippen molar-refractivity contribution in [3.63, 3.8) is 0 Å². The summed E-state index contributed by atoms with van der Waals surface area (Å²) >= 11 is 0. The Morgan fingerprint density at radius 2 is 2.09 bits per heavy atom. The van der Waals surface area contributed by atoms with E-state index in [1.54, 1.807) is 19.2 Å². The molecule has 1 aromatic carbocycles. The van der Waals surface area contributed by atoms with E-state index in [1.165, 1.54) is 6.07 Å². The Hall–Kier alpha value is -1.62. The lowest BCUT2D eigenvalue weighted by molar-refractivity contribution is 0.0310. The third-order valence-corrected chi connectivity index (χ3v) is 4.40. The van der Waals surface area contributed by atoms with Crippen LogP contribution in [0.2, 0.25) is 0 Å². The van der Waals surface area contributed by atoms with Crippen LogP contribution in [0.3, 0.4) is 0 Å². The molecule has 128 valence electrons. The Kier molecular flexibility index (Phi) is 5.63. The number of guanidine groups is 1. The van der Waals surface area contributed by atoms with Crippen molar-refractivity contribution in [2.45, 2.75) is 44.6 Å². The smallest absolute Gasteiger partial charge is 0.191 e. The first kappa shape index (κ1) is 17.7. The fourth-order valence-electron chi connectivity index (χ4n) is 2.47. The summed E-state index contributed by atoms with van der Waals surface area (Å²) in [6.45, 7) is 8.19. The number of halogens is 1. The highest BCUT2D eigenvalue weighted by Gasteiger charge is 2.44. The summed E-state index contributed by atoms with van der Waals surface area (Å²) in [7, 11) is 1.69. The van der Waals surface area contributed by atoms with Crippen LogP contribution >= 0.6 is 0 Å². The van der Waals surface area contributed by atoms with Gasteiger partial charge >= 0.3 is 0 Å². The molecule has 1 aliphatic carbocycles. The standard InChI is InChI=1S/C18H28FN3O/c1-5-20-16(21-12-17(2,3)23-4)22-13-18(9-10-18)14-7-6-8-15(19)11-14/h6-8,11H,5,9-10,12-13H2,1-4H3,(H2,20,21,22). The van der Waals surface area contributed by atoms with Crippen molar-refractivity contribution in [3.8, 4) is 0 Å². The number of hydrogen-bond acceptors (Lipinski definition) is 2. The highest BCUT2D eigenvalue weighted by molar-refractivity contribution is 5.80. The number of benzene rings is 1. The lowest BCUT2D eigenvalue weighted by atomic mass is 9.96. The van der Waals surface area contributed by atoms with Gasteiger partial charge in [-0.1, -0.05) is 12.1 Å². The van der Waals surface area contributed by atoms with Crippen molar-refractivity contribution in [3.05, 3.63) is 35.6 Å². The van der Waals surface area contributed by atoms with Crippen LogP contribution in [-0.4, -0.2) is 38.3 Å². The van der Waals surface area contributed by atoms with Gasteiger partial charge in [-0.05, 0) is 51.3 Å². The van der Waals surface area contributed by atoms with Gasteiger partial charge in [0.15, 0.2) is 5.96 Å². The maximum atomic E-state index is 13.5. The number of ether oxygens (including phenoxy) is 1. The molecule has 5 heteroatoms. The van der Waals surface area contributed by atoms with E-state index in [9.17, 15) is 4.39 Å². The molecule has 0 saturated heterocycles. The fraction of sp³-hybridized carbons (Fsp3) is 0.611. The molecule has 0 bridgehead atoms. The summed E-state index contributed by atoms with van der Waals surface area (Å²) < 4.78 is 18.9. The molecule has 0 aliphatic heterocycles. The number of nitrogens with zero attached hydrogens (tertiary/aromatic N) is 1. The largest absolute Gasteiger partial charge is 0.377 e. The molecule has 4 nitrogen and oxygen atoms in total. The van der Waals surface area contributed by atoms with Gasteiger partial charge in [0.05, 0.1) is 12.1 Å². The Balaban J connectivity index is 2.00. The summed E-state index contributed by atoms with van der Waals surface area (Å²) in [6, 6.07) is 6.93. The molecule has 0 unspecified atom stereocenters. The predicted octanol–water partition coefficient (Wildman–Crippen LogP) is 2.84. The highest BCUT2D eigenvalue weighted by Crippen LogP contribution is 2.47.